The number of benzene rings is 2. The monoisotopic (exact) mass is 551 g/mol. The molecule has 1 saturated heterocycles. The number of nitrogens with zero attached hydrogens (tertiary/aromatic N) is 2. The summed E-state index contributed by atoms with van der Waals surface area (Å²) in [5.74, 6) is -1.27. The van der Waals surface area contributed by atoms with Crippen LogP contribution in [0.2, 0.25) is 0 Å². The highest BCUT2D eigenvalue weighted by atomic mass is 19.4. The molecule has 1 heterocycles. The van der Waals surface area contributed by atoms with E-state index < -0.39 is 53.4 Å². The van der Waals surface area contributed by atoms with Crippen LogP contribution in [-0.4, -0.2) is 53.6 Å². The topological polar surface area (TPSA) is 72.9 Å². The highest BCUT2D eigenvalue weighted by molar-refractivity contribution is 5.75. The minimum Gasteiger partial charge on any atom is -0.481 e. The van der Waals surface area contributed by atoms with E-state index in [2.05, 4.69) is 5.32 Å². The second-order valence-electron chi connectivity index (χ2n) is 8.84. The number of hydrogen-bond donors (Lipinski definition) is 2. The lowest BCUT2D eigenvalue weighted by atomic mass is 9.98. The number of rotatable bonds is 3. The van der Waals surface area contributed by atoms with Gasteiger partial charge in [0.25, 0.3) is 5.97 Å². The minimum atomic E-state index is -4.98. The number of piperazine rings is 1. The van der Waals surface area contributed by atoms with Crippen LogP contribution in [-0.2, 0) is 17.1 Å². The van der Waals surface area contributed by atoms with Crippen molar-refractivity contribution in [3.63, 3.8) is 0 Å². The molecule has 0 unspecified atom stereocenters. The van der Waals surface area contributed by atoms with E-state index in [1.165, 1.54) is 31.0 Å². The number of carboxylic acids is 1. The molecule has 13 heteroatoms. The zero-order valence-electron chi connectivity index (χ0n) is 21.0. The number of aryl methyl sites for hydroxylation is 1. The average Bonchev–Trinajstić information content (AvgIpc) is 2.81. The fraction of sp³-hybridized carbons (Fsp3) is 0.440. The van der Waals surface area contributed by atoms with E-state index in [-0.39, 0.29) is 18.2 Å². The van der Waals surface area contributed by atoms with Crippen LogP contribution in [0.5, 0.6) is 0 Å². The van der Waals surface area contributed by atoms with E-state index in [1.54, 1.807) is 13.0 Å². The number of carboxylic acid groups (broad SMARTS) is 1. The number of amides is 2. The Morgan fingerprint density at radius 1 is 1.05 bits per heavy atom. The zero-order chi connectivity index (χ0) is 29.0. The van der Waals surface area contributed by atoms with Crippen LogP contribution in [0, 0.1) is 12.7 Å². The predicted octanol–water partition coefficient (Wildman–Crippen LogP) is 6.02. The number of alkyl halides is 6. The molecule has 1 aliphatic rings. The van der Waals surface area contributed by atoms with E-state index in [4.69, 9.17) is 9.90 Å². The number of urea groups is 1. The molecule has 2 N–H and O–H groups in total. The fourth-order valence-electron chi connectivity index (χ4n) is 4.04. The first-order chi connectivity index (χ1) is 17.4. The van der Waals surface area contributed by atoms with Crippen molar-refractivity contribution in [2.75, 3.05) is 26.7 Å². The van der Waals surface area contributed by atoms with Crippen molar-refractivity contribution in [2.45, 2.75) is 45.2 Å². The number of hydrogen-bond acceptors (Lipinski definition) is 3. The van der Waals surface area contributed by atoms with Gasteiger partial charge in [0.2, 0.25) is 0 Å². The number of carbonyl (C=O) groups is 2. The lowest BCUT2D eigenvalue weighted by Crippen LogP contribution is -2.52. The molecule has 1 aliphatic heterocycles. The van der Waals surface area contributed by atoms with Gasteiger partial charge in [-0.05, 0) is 60.9 Å². The molecule has 0 bridgehead atoms. The van der Waals surface area contributed by atoms with Crippen molar-refractivity contribution in [3.05, 3.63) is 70.0 Å². The van der Waals surface area contributed by atoms with Crippen molar-refractivity contribution >= 4 is 12.0 Å². The summed E-state index contributed by atoms with van der Waals surface area (Å²) in [6, 6.07) is 3.36. The number of halogens is 7. The van der Waals surface area contributed by atoms with Gasteiger partial charge in [-0.2, -0.15) is 26.3 Å². The van der Waals surface area contributed by atoms with E-state index in [0.717, 1.165) is 11.8 Å². The Morgan fingerprint density at radius 2 is 1.58 bits per heavy atom. The predicted molar refractivity (Wildman–Crippen MR) is 125 cm³/mol. The highest BCUT2D eigenvalue weighted by Crippen LogP contribution is 2.38. The van der Waals surface area contributed by atoms with Crippen LogP contribution < -0.4 is 5.32 Å². The summed E-state index contributed by atoms with van der Waals surface area (Å²) in [4.78, 5) is 25.0. The number of carbonyl (C=O) groups excluding carboxylic acids is 1. The molecule has 2 atom stereocenters. The van der Waals surface area contributed by atoms with E-state index in [1.807, 2.05) is 0 Å². The molecule has 0 radical (unpaired) electrons. The minimum absolute atomic E-state index is 0.0572. The molecule has 2 amide bonds. The first kappa shape index (κ1) is 30.9. The average molecular weight is 552 g/mol. The molecule has 3 rings (SSSR count). The summed E-state index contributed by atoms with van der Waals surface area (Å²) in [6.07, 6.45) is -9.97. The summed E-state index contributed by atoms with van der Waals surface area (Å²) < 4.78 is 93.2. The van der Waals surface area contributed by atoms with Crippen molar-refractivity contribution in [2.24, 2.45) is 0 Å². The molecule has 2 aromatic carbocycles. The van der Waals surface area contributed by atoms with E-state index in [9.17, 15) is 35.5 Å². The molecule has 0 spiro atoms. The maximum Gasteiger partial charge on any atom is 0.416 e. The SMILES string of the molecule is CC(=O)O.Cc1cc(F)ccc1[C@@H]1CNCCN1C(=O)N(C)[C@H](C)c1cc(C(F)(F)F)cc(C(F)(F)F)c1. The van der Waals surface area contributed by atoms with Gasteiger partial charge in [0.1, 0.15) is 5.82 Å². The fourth-order valence-corrected chi connectivity index (χ4v) is 4.04. The third-order valence-corrected chi connectivity index (χ3v) is 6.06. The quantitative estimate of drug-likeness (QED) is 0.458. The Morgan fingerprint density at radius 3 is 2.05 bits per heavy atom. The first-order valence-electron chi connectivity index (χ1n) is 11.4. The Kier molecular flexibility index (Phi) is 9.76. The second kappa shape index (κ2) is 12.0. The standard InChI is InChI=1S/C23H24F7N3O.C2H4O2/c1-13-8-18(24)4-5-19(13)20-12-31-6-7-33(20)21(34)32(3)14(2)15-9-16(22(25,26)27)11-17(10-15)23(28,29)30;1-2(3)4/h4-5,8-11,14,20,31H,6-7,12H2,1-3H3;1H3,(H,3,4)/t14-,20+;/m1./s1. The van der Waals surface area contributed by atoms with E-state index in [0.29, 0.717) is 36.3 Å². The summed E-state index contributed by atoms with van der Waals surface area (Å²) in [5, 5.41) is 10.6. The number of aliphatic carboxylic acids is 1. The van der Waals surface area contributed by atoms with Gasteiger partial charge in [-0.3, -0.25) is 4.79 Å². The Bertz CT molecular complexity index is 1120. The highest BCUT2D eigenvalue weighted by Gasteiger charge is 2.38. The molecule has 2 aromatic rings. The van der Waals surface area contributed by atoms with Crippen molar-refractivity contribution < 1.29 is 45.4 Å². The van der Waals surface area contributed by atoms with Crippen LogP contribution in [0.1, 0.15) is 53.7 Å². The van der Waals surface area contributed by atoms with Gasteiger partial charge in [0.15, 0.2) is 0 Å². The van der Waals surface area contributed by atoms with Crippen molar-refractivity contribution in [1.82, 2.24) is 15.1 Å². The molecule has 0 aliphatic carbocycles. The van der Waals surface area contributed by atoms with Gasteiger partial charge in [0.05, 0.1) is 23.2 Å². The summed E-state index contributed by atoms with van der Waals surface area (Å²) in [7, 11) is 1.33. The Hall–Kier alpha value is -3.35. The molecule has 0 saturated carbocycles. The normalized spacial score (nSPS) is 16.8. The van der Waals surface area contributed by atoms with Gasteiger partial charge in [0, 0.05) is 33.6 Å². The van der Waals surface area contributed by atoms with Crippen molar-refractivity contribution in [3.8, 4) is 0 Å². The van der Waals surface area contributed by atoms with Gasteiger partial charge < -0.3 is 20.2 Å². The molecular weight excluding hydrogens is 523 g/mol. The zero-order valence-corrected chi connectivity index (χ0v) is 21.0. The largest absolute Gasteiger partial charge is 0.481 e. The smallest absolute Gasteiger partial charge is 0.416 e. The summed E-state index contributed by atoms with van der Waals surface area (Å²) in [6.45, 7) is 5.22. The summed E-state index contributed by atoms with van der Waals surface area (Å²) in [5.41, 5.74) is -1.85. The Labute approximate surface area is 215 Å². The van der Waals surface area contributed by atoms with Gasteiger partial charge >= 0.3 is 18.4 Å². The third-order valence-electron chi connectivity index (χ3n) is 6.06. The van der Waals surface area contributed by atoms with Gasteiger partial charge in [-0.1, -0.05) is 6.07 Å². The van der Waals surface area contributed by atoms with Crippen LogP contribution in [0.4, 0.5) is 35.5 Å². The molecule has 0 aromatic heterocycles. The van der Waals surface area contributed by atoms with Gasteiger partial charge in [-0.25, -0.2) is 9.18 Å². The second-order valence-corrected chi connectivity index (χ2v) is 8.84. The molecule has 38 heavy (non-hydrogen) atoms. The molecular formula is C25H28F7N3O3. The number of nitrogens with one attached hydrogen (secondary N) is 1. The van der Waals surface area contributed by atoms with Crippen LogP contribution >= 0.6 is 0 Å². The molecule has 210 valence electrons. The first-order valence-corrected chi connectivity index (χ1v) is 11.4. The van der Waals surface area contributed by atoms with Gasteiger partial charge in [-0.15, -0.1) is 0 Å². The van der Waals surface area contributed by atoms with Crippen LogP contribution in [0.3, 0.4) is 0 Å². The van der Waals surface area contributed by atoms with E-state index >= 15 is 0 Å². The van der Waals surface area contributed by atoms with Crippen LogP contribution in [0.15, 0.2) is 36.4 Å². The van der Waals surface area contributed by atoms with Crippen molar-refractivity contribution in [1.29, 1.82) is 0 Å². The lowest BCUT2D eigenvalue weighted by Gasteiger charge is -2.40. The summed E-state index contributed by atoms with van der Waals surface area (Å²) >= 11 is 0. The Balaban J connectivity index is 0.00000118. The third kappa shape index (κ3) is 7.83. The molecule has 1 fully saturated rings. The maximum atomic E-state index is 13.6. The molecule has 6 nitrogen and oxygen atoms in total. The lowest BCUT2D eigenvalue weighted by molar-refractivity contribution is -0.143. The maximum absolute atomic E-state index is 13.6. The van der Waals surface area contributed by atoms with Crippen LogP contribution in [0.25, 0.3) is 0 Å².